The Morgan fingerprint density at radius 2 is 1.32 bits per heavy atom. The average Bonchev–Trinajstić information content (AvgIpc) is 4.25. The molecular weight excluding hydrogens is 901 g/mol. The number of amides is 5. The van der Waals surface area contributed by atoms with Crippen LogP contribution in [-0.4, -0.2) is 104 Å². The number of methoxy groups -OCH3 is 1. The number of imidazole rings is 2. The van der Waals surface area contributed by atoms with Crippen LogP contribution in [0.3, 0.4) is 0 Å². The molecule has 17 nitrogen and oxygen atoms in total. The van der Waals surface area contributed by atoms with Crippen molar-refractivity contribution >= 4 is 58.1 Å². The minimum atomic E-state index is -0.911. The van der Waals surface area contributed by atoms with Gasteiger partial charge in [0.2, 0.25) is 6.40 Å². The number of aromatic nitrogens is 4. The molecule has 11 rings (SSSR count). The molecule has 8 atom stereocenters. The van der Waals surface area contributed by atoms with E-state index in [-0.39, 0.29) is 42.0 Å². The van der Waals surface area contributed by atoms with Crippen LogP contribution in [0.4, 0.5) is 15.3 Å². The molecule has 0 bridgehead atoms. The molecule has 368 valence electrons. The molecule has 3 saturated heterocycles. The maximum absolute atomic E-state index is 14.7. The summed E-state index contributed by atoms with van der Waals surface area (Å²) < 4.78 is 4.96. The Labute approximate surface area is 411 Å². The molecule has 3 aliphatic heterocycles. The quantitative estimate of drug-likeness (QED) is 0.0439. The van der Waals surface area contributed by atoms with Crippen molar-refractivity contribution in [2.24, 2.45) is 16.8 Å². The van der Waals surface area contributed by atoms with Gasteiger partial charge in [0.25, 0.3) is 11.8 Å². The van der Waals surface area contributed by atoms with Gasteiger partial charge in [-0.15, -0.1) is 0 Å². The molecule has 2 saturated carbocycles. The van der Waals surface area contributed by atoms with Gasteiger partial charge in [0.05, 0.1) is 48.4 Å². The van der Waals surface area contributed by atoms with Crippen LogP contribution in [0.5, 0.6) is 0 Å². The lowest BCUT2D eigenvalue weighted by Crippen LogP contribution is -2.47. The van der Waals surface area contributed by atoms with Gasteiger partial charge >= 0.3 is 12.1 Å². The van der Waals surface area contributed by atoms with Crippen molar-refractivity contribution in [1.29, 1.82) is 0 Å². The van der Waals surface area contributed by atoms with E-state index in [4.69, 9.17) is 24.5 Å². The summed E-state index contributed by atoms with van der Waals surface area (Å²) in [5.41, 5.74) is 6.37. The zero-order valence-corrected chi connectivity index (χ0v) is 40.1. The largest absolute Gasteiger partial charge is 0.453 e. The van der Waals surface area contributed by atoms with Gasteiger partial charge in [-0.2, -0.15) is 4.89 Å². The lowest BCUT2D eigenvalue weighted by atomic mass is 9.84. The highest BCUT2D eigenvalue weighted by Gasteiger charge is 2.50. The molecule has 0 radical (unpaired) electrons. The Balaban J connectivity index is 0.805. The van der Waals surface area contributed by atoms with Gasteiger partial charge in [-0.25, -0.2) is 24.5 Å². The molecule has 5 amide bonds. The molecule has 6 aromatic rings. The van der Waals surface area contributed by atoms with Crippen molar-refractivity contribution in [1.82, 2.24) is 40.0 Å². The summed E-state index contributed by atoms with van der Waals surface area (Å²) in [4.78, 5) is 95.4. The number of hydrogen-bond donors (Lipinski definition) is 3. The summed E-state index contributed by atoms with van der Waals surface area (Å²) in [7, 11) is 2.70. The number of fused-ring (bicyclic) bond motifs is 4. The van der Waals surface area contributed by atoms with Crippen molar-refractivity contribution in [3.63, 3.8) is 0 Å². The molecule has 71 heavy (non-hydrogen) atoms. The first-order valence-corrected chi connectivity index (χ1v) is 25.1. The number of carbonyl (C=O) groups is 4. The number of ether oxygens (including phenoxy) is 1. The molecule has 2 aliphatic carbocycles. The van der Waals surface area contributed by atoms with Crippen LogP contribution in [0.1, 0.15) is 117 Å². The zero-order valence-electron chi connectivity index (χ0n) is 40.1. The Morgan fingerprint density at radius 1 is 0.732 bits per heavy atom. The lowest BCUT2D eigenvalue weighted by molar-refractivity contribution is -0.188. The van der Waals surface area contributed by atoms with E-state index < -0.39 is 18.2 Å². The van der Waals surface area contributed by atoms with Crippen LogP contribution in [0.2, 0.25) is 0 Å². The second-order valence-electron chi connectivity index (χ2n) is 19.7. The summed E-state index contributed by atoms with van der Waals surface area (Å²) in [6.07, 6.45) is 10.4. The first-order chi connectivity index (χ1) is 34.8. The molecule has 17 heteroatoms. The number of hydrogen-bond acceptors (Lipinski definition) is 10. The highest BCUT2D eigenvalue weighted by molar-refractivity contribution is 5.96. The maximum Gasteiger partial charge on any atom is 0.407 e. The van der Waals surface area contributed by atoms with E-state index >= 15 is 0 Å². The fourth-order valence-corrected chi connectivity index (χ4v) is 12.4. The second-order valence-corrected chi connectivity index (χ2v) is 19.7. The van der Waals surface area contributed by atoms with Gasteiger partial charge < -0.3 is 39.6 Å². The number of nitrogens with zero attached hydrogens (tertiary/aromatic N) is 7. The van der Waals surface area contributed by atoms with Gasteiger partial charge in [-0.3, -0.25) is 14.5 Å². The van der Waals surface area contributed by atoms with Gasteiger partial charge in [0.1, 0.15) is 17.7 Å². The molecule has 0 spiro atoms. The summed E-state index contributed by atoms with van der Waals surface area (Å²) in [6.45, 7) is 1.47. The predicted molar refractivity (Wildman–Crippen MR) is 266 cm³/mol. The van der Waals surface area contributed by atoms with Gasteiger partial charge in [0, 0.05) is 37.4 Å². The maximum atomic E-state index is 14.7. The summed E-state index contributed by atoms with van der Waals surface area (Å²) in [6, 6.07) is 28.5. The van der Waals surface area contributed by atoms with Crippen molar-refractivity contribution in [2.75, 3.05) is 32.2 Å². The summed E-state index contributed by atoms with van der Waals surface area (Å²) in [5.74, 6) is 1.86. The lowest BCUT2D eigenvalue weighted by Gasteiger charge is -2.36. The van der Waals surface area contributed by atoms with Crippen LogP contribution < -0.4 is 10.2 Å². The van der Waals surface area contributed by atoms with E-state index in [0.717, 1.165) is 115 Å². The SMILES string of the molecule is COOC=N[C@@H](C(=O)N1[C@H](c2nc3ccc(N4CCN(Cc5ccc6nc([C@@H]7C[C@@H]8CCCC[C@@H]8N7C(=O)[C@H](NC(=O)OC)c7ccccc7)[nH]c6c5)C4=O)cc3[nH]2)C[C@@H]2CCCC[C@@H]21)c1ccccc1. The number of alkyl carbamates (subject to hydrolysis) is 1. The number of carbonyl (C=O) groups excluding carboxylic acids is 4. The zero-order chi connectivity index (χ0) is 48.6. The number of likely N-dealkylation sites (tertiary alicyclic amines) is 2. The van der Waals surface area contributed by atoms with E-state index in [0.29, 0.717) is 37.0 Å². The molecule has 3 N–H and O–H groups in total. The van der Waals surface area contributed by atoms with Crippen LogP contribution in [0, 0.1) is 11.8 Å². The highest BCUT2D eigenvalue weighted by Crippen LogP contribution is 2.49. The predicted octanol–water partition coefficient (Wildman–Crippen LogP) is 8.99. The first kappa shape index (κ1) is 46.1. The minimum Gasteiger partial charge on any atom is -0.453 e. The van der Waals surface area contributed by atoms with Crippen molar-refractivity contribution in [3.05, 3.63) is 125 Å². The molecule has 5 fully saturated rings. The number of anilines is 1. The topological polar surface area (TPSA) is 191 Å². The molecule has 2 aromatic heterocycles. The third kappa shape index (κ3) is 8.96. The molecule has 0 unspecified atom stereocenters. The third-order valence-corrected chi connectivity index (χ3v) is 15.7. The van der Waals surface area contributed by atoms with E-state index in [2.05, 4.69) is 26.3 Å². The molecule has 5 heterocycles. The van der Waals surface area contributed by atoms with Gasteiger partial charge in [-0.1, -0.05) is 92.4 Å². The van der Waals surface area contributed by atoms with E-state index in [9.17, 15) is 19.2 Å². The first-order valence-electron chi connectivity index (χ1n) is 25.1. The normalized spacial score (nSPS) is 24.1. The van der Waals surface area contributed by atoms with Gasteiger partial charge in [-0.05, 0) is 97.4 Å². The molecular formula is C54H60N10O7. The average molecular weight is 961 g/mol. The van der Waals surface area contributed by atoms with Crippen LogP contribution >= 0.6 is 0 Å². The number of benzene rings is 4. The number of aliphatic imine (C=N–C) groups is 1. The molecule has 4 aromatic carbocycles. The fraction of sp³-hybridized carbons (Fsp3) is 0.426. The van der Waals surface area contributed by atoms with Crippen molar-refractivity contribution in [2.45, 2.75) is 107 Å². The Bertz CT molecular complexity index is 2940. The number of aromatic amines is 2. The Hall–Kier alpha value is -7.27. The number of rotatable bonds is 13. The monoisotopic (exact) mass is 960 g/mol. The van der Waals surface area contributed by atoms with E-state index in [1.165, 1.54) is 20.6 Å². The van der Waals surface area contributed by atoms with Gasteiger partial charge in [0.15, 0.2) is 6.04 Å². The second kappa shape index (κ2) is 19.9. The standard InChI is InChI=1S/C54H60N10O7/c1-69-53(67)60-48(35-15-7-4-8-16-35)52(66)64-44-20-12-10-18-37(44)29-46(64)49-56-39-23-21-33(27-41(39)58-49)31-61-25-26-62(54(61)68)38-22-24-40-42(30-38)59-50(57-40)45-28-36-17-9-11-19-43(36)63(45)51(65)47(55-32-71-70-2)34-13-5-3-6-14-34/h3-8,13-16,21-24,27,30,32,36-37,43-48H,9-12,17-20,25-26,28-29,31H2,1-2H3,(H,56,58)(H,57,59)(H,60,67)/t36-,37-,43-,44-,45-,46-,47+,48+/m0/s1. The number of H-pyrrole nitrogens is 2. The minimum absolute atomic E-state index is 0.0372. The summed E-state index contributed by atoms with van der Waals surface area (Å²) >= 11 is 0. The van der Waals surface area contributed by atoms with Crippen molar-refractivity contribution < 1.29 is 33.7 Å². The number of nitrogens with one attached hydrogen (secondary N) is 3. The summed E-state index contributed by atoms with van der Waals surface area (Å²) in [5, 5.41) is 2.81. The number of urea groups is 1. The van der Waals surface area contributed by atoms with E-state index in [1.54, 1.807) is 4.90 Å². The molecule has 5 aliphatic rings. The van der Waals surface area contributed by atoms with E-state index in [1.807, 2.05) is 106 Å². The van der Waals surface area contributed by atoms with Crippen LogP contribution in [0.25, 0.3) is 22.1 Å². The fourth-order valence-electron chi connectivity index (χ4n) is 12.4. The highest BCUT2D eigenvalue weighted by atomic mass is 17.2. The Kier molecular flexibility index (Phi) is 12.9. The van der Waals surface area contributed by atoms with Crippen molar-refractivity contribution in [3.8, 4) is 0 Å². The van der Waals surface area contributed by atoms with Crippen LogP contribution in [-0.2, 0) is 30.6 Å². The third-order valence-electron chi connectivity index (χ3n) is 15.7. The van der Waals surface area contributed by atoms with Crippen LogP contribution in [0.15, 0.2) is 102 Å². The Morgan fingerprint density at radius 3 is 1.96 bits per heavy atom. The smallest absolute Gasteiger partial charge is 0.407 e.